The molecule has 0 saturated heterocycles. The van der Waals surface area contributed by atoms with Crippen molar-refractivity contribution >= 4 is 37.5 Å². The Labute approximate surface area is 316 Å². The molecule has 4 aromatic carbocycles. The van der Waals surface area contributed by atoms with Gasteiger partial charge in [0.2, 0.25) is 0 Å². The van der Waals surface area contributed by atoms with Crippen LogP contribution in [0.2, 0.25) is 0 Å². The number of aromatic nitrogens is 3. The molecule has 0 N–H and O–H groups in total. The van der Waals surface area contributed by atoms with E-state index in [9.17, 15) is 13.2 Å². The largest absolute Gasteiger partial charge is 0.493 e. The second-order valence-corrected chi connectivity index (χ2v) is 14.8. The van der Waals surface area contributed by atoms with Crippen molar-refractivity contribution in [3.8, 4) is 22.6 Å². The number of ether oxygens (including phenoxy) is 4. The molecule has 0 fully saturated rings. The number of carbonyl (C=O) groups is 1. The second kappa shape index (κ2) is 17.0. The van der Waals surface area contributed by atoms with E-state index >= 15 is 0 Å². The van der Waals surface area contributed by atoms with Crippen LogP contribution in [0.15, 0.2) is 115 Å². The first kappa shape index (κ1) is 38.1. The highest BCUT2D eigenvalue weighted by Crippen LogP contribution is 2.39. The smallest absolute Gasteiger partial charge is 0.355 e. The number of hydrogen-bond donors (Lipinski definition) is 0. The van der Waals surface area contributed by atoms with Crippen molar-refractivity contribution in [1.29, 1.82) is 0 Å². The fourth-order valence-corrected chi connectivity index (χ4v) is 7.43. The van der Waals surface area contributed by atoms with Crippen molar-refractivity contribution in [2.75, 3.05) is 26.1 Å². The summed E-state index contributed by atoms with van der Waals surface area (Å²) in [6.07, 6.45) is 5.84. The van der Waals surface area contributed by atoms with Gasteiger partial charge in [-0.15, -0.1) is 13.2 Å². The maximum Gasteiger partial charge on any atom is 0.355 e. The summed E-state index contributed by atoms with van der Waals surface area (Å²) in [4.78, 5) is 14.0. The maximum absolute atomic E-state index is 13.8. The Morgan fingerprint density at radius 1 is 0.889 bits per heavy atom. The number of aryl methyl sites for hydroxylation is 2. The third-order valence-electron chi connectivity index (χ3n) is 9.16. The van der Waals surface area contributed by atoms with Crippen molar-refractivity contribution in [2.24, 2.45) is 7.05 Å². The summed E-state index contributed by atoms with van der Waals surface area (Å²) in [5, 5.41) is 7.95. The molecule has 2 heterocycles. The predicted molar refractivity (Wildman–Crippen MR) is 212 cm³/mol. The van der Waals surface area contributed by atoms with Crippen LogP contribution in [0.1, 0.15) is 40.8 Å². The minimum atomic E-state index is -3.35. The molecule has 54 heavy (non-hydrogen) atoms. The lowest BCUT2D eigenvalue weighted by molar-refractivity contribution is 0.0513. The van der Waals surface area contributed by atoms with Gasteiger partial charge in [0, 0.05) is 41.7 Å². The van der Waals surface area contributed by atoms with E-state index in [0.717, 1.165) is 49.8 Å². The van der Waals surface area contributed by atoms with E-state index in [0.29, 0.717) is 49.7 Å². The van der Waals surface area contributed by atoms with Gasteiger partial charge in [0.05, 0.1) is 42.5 Å². The van der Waals surface area contributed by atoms with Crippen LogP contribution in [0.3, 0.4) is 0 Å². The van der Waals surface area contributed by atoms with E-state index in [4.69, 9.17) is 24.0 Å². The number of para-hydroxylation sites is 1. The monoisotopic (exact) mass is 747 g/mol. The lowest BCUT2D eigenvalue weighted by atomic mass is 9.98. The topological polar surface area (TPSA) is 111 Å². The van der Waals surface area contributed by atoms with Crippen LogP contribution in [0, 0.1) is 0 Å². The fraction of sp³-hybridized carbons (Fsp3) is 0.256. The quantitative estimate of drug-likeness (QED) is 0.0491. The normalized spacial score (nSPS) is 11.5. The van der Waals surface area contributed by atoms with Crippen LogP contribution in [0.5, 0.6) is 11.5 Å². The van der Waals surface area contributed by atoms with Gasteiger partial charge >= 0.3 is 5.97 Å². The first-order chi connectivity index (χ1) is 26.2. The molecule has 2 aromatic heterocycles. The second-order valence-electron chi connectivity index (χ2n) is 12.8. The molecule has 0 amide bonds. The van der Waals surface area contributed by atoms with Gasteiger partial charge < -0.3 is 23.5 Å². The van der Waals surface area contributed by atoms with Gasteiger partial charge in [0.25, 0.3) is 0 Å². The van der Waals surface area contributed by atoms with Crippen LogP contribution in [0.4, 0.5) is 0 Å². The number of rotatable bonds is 18. The van der Waals surface area contributed by atoms with Crippen LogP contribution in [-0.2, 0) is 52.5 Å². The van der Waals surface area contributed by atoms with Gasteiger partial charge in [0.1, 0.15) is 29.5 Å². The molecule has 0 bridgehead atoms. The van der Waals surface area contributed by atoms with Gasteiger partial charge in [-0.3, -0.25) is 4.68 Å². The first-order valence-electron chi connectivity index (χ1n) is 17.9. The molecular formula is C43H45N3O7S. The maximum atomic E-state index is 13.8. The molecule has 0 radical (unpaired) electrons. The highest BCUT2D eigenvalue weighted by atomic mass is 32.2. The number of allylic oxidation sites excluding steroid dienone is 1. The standard InChI is InChI=1S/C43H45N3O7S/c1-6-25-46-41-34(35(42(46)43(47)51-8-3)19-13-27-52-39-20-11-15-30-14-9-10-16-33(30)39)17-12-18-36(41)40-37(44-45(4)38(40)29-50-26-7-2)28-53-31-21-23-32(24-22-31)54(5,48)49/h6-7,9-12,14-18,20-24H,1-2,8,13,19,25-29H2,3-5H3. The molecule has 0 aliphatic carbocycles. The Kier molecular flexibility index (Phi) is 12.0. The summed E-state index contributed by atoms with van der Waals surface area (Å²) in [7, 11) is -1.50. The molecule has 0 aliphatic rings. The molecule has 0 atom stereocenters. The summed E-state index contributed by atoms with van der Waals surface area (Å²) in [6.45, 7) is 11.3. The van der Waals surface area contributed by atoms with E-state index in [1.54, 1.807) is 35.9 Å². The lowest BCUT2D eigenvalue weighted by Crippen LogP contribution is -2.14. The fourth-order valence-electron chi connectivity index (χ4n) is 6.80. The van der Waals surface area contributed by atoms with Crippen molar-refractivity contribution in [2.45, 2.75) is 44.4 Å². The van der Waals surface area contributed by atoms with Crippen molar-refractivity contribution < 1.29 is 32.2 Å². The summed E-state index contributed by atoms with van der Waals surface area (Å²) in [5.41, 5.74) is 5.28. The zero-order valence-electron chi connectivity index (χ0n) is 30.9. The molecule has 0 spiro atoms. The Hall–Kier alpha value is -5.65. The van der Waals surface area contributed by atoms with E-state index in [2.05, 4.69) is 31.4 Å². The van der Waals surface area contributed by atoms with Gasteiger partial charge in [0.15, 0.2) is 9.84 Å². The van der Waals surface area contributed by atoms with E-state index in [1.807, 2.05) is 54.1 Å². The third kappa shape index (κ3) is 8.12. The Morgan fingerprint density at radius 2 is 1.63 bits per heavy atom. The molecule has 280 valence electrons. The number of hydrogen-bond acceptors (Lipinski definition) is 8. The van der Waals surface area contributed by atoms with Crippen molar-refractivity contribution in [3.63, 3.8) is 0 Å². The van der Waals surface area contributed by atoms with Crippen molar-refractivity contribution in [1.82, 2.24) is 14.3 Å². The van der Waals surface area contributed by atoms with Crippen LogP contribution >= 0.6 is 0 Å². The molecule has 10 nitrogen and oxygen atoms in total. The minimum Gasteiger partial charge on any atom is -0.493 e. The highest BCUT2D eigenvalue weighted by Gasteiger charge is 2.28. The van der Waals surface area contributed by atoms with Crippen LogP contribution in [-0.4, -0.2) is 54.8 Å². The van der Waals surface area contributed by atoms with E-state index < -0.39 is 15.8 Å². The molecule has 0 saturated carbocycles. The van der Waals surface area contributed by atoms with Crippen molar-refractivity contribution in [3.05, 3.63) is 133 Å². The van der Waals surface area contributed by atoms with Gasteiger partial charge in [-0.1, -0.05) is 66.7 Å². The Bertz CT molecular complexity index is 2400. The number of fused-ring (bicyclic) bond motifs is 2. The molecule has 6 aromatic rings. The van der Waals surface area contributed by atoms with Gasteiger partial charge in [-0.05, 0) is 61.0 Å². The number of carbonyl (C=O) groups excluding carboxylic acids is 1. The first-order valence-corrected chi connectivity index (χ1v) is 19.7. The van der Waals surface area contributed by atoms with E-state index in [1.165, 1.54) is 18.4 Å². The molecule has 11 heteroatoms. The molecule has 0 aliphatic heterocycles. The summed E-state index contributed by atoms with van der Waals surface area (Å²) in [5.74, 6) is 0.904. The van der Waals surface area contributed by atoms with E-state index in [-0.39, 0.29) is 24.7 Å². The number of esters is 1. The Balaban J connectivity index is 1.42. The zero-order chi connectivity index (χ0) is 38.2. The molecule has 6 rings (SSSR count). The lowest BCUT2D eigenvalue weighted by Gasteiger charge is -2.14. The zero-order valence-corrected chi connectivity index (χ0v) is 31.7. The number of nitrogens with zero attached hydrogens (tertiary/aromatic N) is 3. The minimum absolute atomic E-state index is 0.0878. The van der Waals surface area contributed by atoms with Crippen LogP contribution < -0.4 is 9.47 Å². The summed E-state index contributed by atoms with van der Waals surface area (Å²) >= 11 is 0. The molecular weight excluding hydrogens is 703 g/mol. The van der Waals surface area contributed by atoms with Gasteiger partial charge in [-0.25, -0.2) is 13.2 Å². The summed E-state index contributed by atoms with van der Waals surface area (Å²) in [6, 6.07) is 26.5. The third-order valence-corrected chi connectivity index (χ3v) is 10.3. The number of benzene rings is 4. The molecule has 0 unspecified atom stereocenters. The average molecular weight is 748 g/mol. The predicted octanol–water partition coefficient (Wildman–Crippen LogP) is 8.25. The van der Waals surface area contributed by atoms with Gasteiger partial charge in [-0.2, -0.15) is 5.10 Å². The highest BCUT2D eigenvalue weighted by molar-refractivity contribution is 7.90. The average Bonchev–Trinajstić information content (AvgIpc) is 3.65. The van der Waals surface area contributed by atoms with Crippen LogP contribution in [0.25, 0.3) is 32.8 Å². The summed E-state index contributed by atoms with van der Waals surface area (Å²) < 4.78 is 51.9. The SMILES string of the molecule is C=CCOCc1c(-c2cccc3c(CCCOc4cccc5ccccc45)c(C(=O)OCC)n(CC=C)c23)c(COc2ccc(S(C)(=O)=O)cc2)nn1C. The Morgan fingerprint density at radius 3 is 2.37 bits per heavy atom. The number of sulfone groups is 1.